The van der Waals surface area contributed by atoms with E-state index in [1.54, 1.807) is 0 Å². The fourth-order valence-corrected chi connectivity index (χ4v) is 157. The summed E-state index contributed by atoms with van der Waals surface area (Å²) in [5, 5.41) is 8.83. The van der Waals surface area contributed by atoms with E-state index in [-0.39, 0.29) is 6.61 Å². The molecule has 0 bridgehead atoms. The molecule has 0 aromatic heterocycles. The molecule has 0 aliphatic heterocycles. The first-order valence-electron chi connectivity index (χ1n) is 44.1. The number of rotatable bonds is 58. The first-order valence-corrected chi connectivity index (χ1v) is 121. The Bertz CT molecular complexity index is 3290. The molecule has 0 atom stereocenters. The van der Waals surface area contributed by atoms with Gasteiger partial charge < -0.3 is 126 Å². The van der Waals surface area contributed by atoms with Crippen molar-refractivity contribution in [1.82, 2.24) is 0 Å². The van der Waals surface area contributed by atoms with Crippen LogP contribution in [0.4, 0.5) is 9.59 Å². The molecule has 0 spiro atoms. The van der Waals surface area contributed by atoms with Gasteiger partial charge in [-0.3, -0.25) is 0 Å². The van der Waals surface area contributed by atoms with Crippen molar-refractivity contribution in [2.24, 2.45) is 0 Å². The van der Waals surface area contributed by atoms with Gasteiger partial charge in [0.1, 0.15) is 0 Å². The molecule has 0 saturated carbocycles. The van der Waals surface area contributed by atoms with Gasteiger partial charge in [0.2, 0.25) is 0 Å². The highest BCUT2D eigenvalue weighted by atomic mass is 28.6. The minimum absolute atomic E-state index is 0.178. The average Bonchev–Trinajstić information content (AvgIpc) is 0.776. The number of carbonyl (C=O) groups is 2. The molecular formula is C68H190O32Si27. The summed E-state index contributed by atoms with van der Waals surface area (Å²) in [5.74, 6) is 0. The molecule has 0 radical (unpaired) electrons. The highest BCUT2D eigenvalue weighted by Gasteiger charge is 2.57. The first-order chi connectivity index (χ1) is 55.1. The molecule has 0 unspecified atom stereocenters. The molecule has 0 saturated heterocycles. The Labute approximate surface area is 804 Å². The average molecular weight is 2280 g/mol. The van der Waals surface area contributed by atoms with Crippen LogP contribution in [-0.4, -0.2) is 262 Å². The third-order valence-electron chi connectivity index (χ3n) is 14.6. The molecule has 1 N–H and O–H groups in total. The molecule has 0 amide bonds. The lowest BCUT2D eigenvalue weighted by Gasteiger charge is -2.45. The van der Waals surface area contributed by atoms with E-state index in [4.69, 9.17) is 117 Å². The van der Waals surface area contributed by atoms with Gasteiger partial charge in [0, 0.05) is 0 Å². The zero-order valence-corrected chi connectivity index (χ0v) is 118. The van der Waals surface area contributed by atoms with E-state index in [2.05, 4.69) is 206 Å². The summed E-state index contributed by atoms with van der Waals surface area (Å²) < 4.78 is 193. The Kier molecular flexibility index (Phi) is 53.8. The topological polar surface area (TPSA) is 322 Å². The summed E-state index contributed by atoms with van der Waals surface area (Å²) in [7, 11) is -73.9. The molecule has 0 aromatic carbocycles. The van der Waals surface area contributed by atoms with Crippen LogP contribution in [0, 0.1) is 0 Å². The second-order valence-electron chi connectivity index (χ2n) is 43.8. The summed E-state index contributed by atoms with van der Waals surface area (Å²) >= 11 is 0. The smallest absolute Gasteiger partial charge is 0.450 e. The van der Waals surface area contributed by atoms with Crippen molar-refractivity contribution in [1.29, 1.82) is 0 Å². The molecule has 0 heterocycles. The predicted molar refractivity (Wildman–Crippen MR) is 580 cm³/mol. The number of hydrogen-bond acceptors (Lipinski definition) is 31. The molecule has 762 valence electrons. The van der Waals surface area contributed by atoms with Gasteiger partial charge in [-0.15, -0.1) is 13.2 Å². The number of hydrogen-bond donors (Lipinski definition) is 1. The highest BCUT2D eigenvalue weighted by Crippen LogP contribution is 2.38. The van der Waals surface area contributed by atoms with Crippen LogP contribution in [-0.2, 0) is 121 Å². The summed E-state index contributed by atoms with van der Waals surface area (Å²) in [6.45, 7) is 127. The Hall–Kier alpha value is 2.84. The van der Waals surface area contributed by atoms with Crippen molar-refractivity contribution in [3.8, 4) is 0 Å². The van der Waals surface area contributed by atoms with Crippen LogP contribution < -0.4 is 0 Å². The molecule has 127 heavy (non-hydrogen) atoms. The molecule has 59 heteroatoms. The van der Waals surface area contributed by atoms with Crippen molar-refractivity contribution in [3.05, 3.63) is 26.0 Å². The zero-order chi connectivity index (χ0) is 103. The lowest BCUT2D eigenvalue weighted by molar-refractivity contribution is 0.0902. The monoisotopic (exact) mass is 2270 g/mol. The fraction of sp³-hybridized carbons (Fsp3) is 0.912. The maximum Gasteiger partial charge on any atom is 0.512 e. The molecular weight excluding hydrogens is 2090 g/mol. The van der Waals surface area contributed by atoms with Gasteiger partial charge in [-0.1, -0.05) is 26.8 Å². The molecule has 0 aromatic rings. The van der Waals surface area contributed by atoms with E-state index in [1.807, 2.05) is 197 Å². The summed E-state index contributed by atoms with van der Waals surface area (Å²) in [4.78, 5) is 20.7. The molecule has 0 aliphatic rings. The first kappa shape index (κ1) is 136. The van der Waals surface area contributed by atoms with Crippen LogP contribution in [0.2, 0.25) is 366 Å². The maximum absolute atomic E-state index is 10.8. The second-order valence-corrected chi connectivity index (χ2v) is 143. The minimum Gasteiger partial charge on any atom is -0.450 e. The Morgan fingerprint density at radius 3 is 0.457 bits per heavy atom. The van der Waals surface area contributed by atoms with E-state index in [0.29, 0.717) is 6.42 Å². The maximum atomic E-state index is 10.8. The van der Waals surface area contributed by atoms with Crippen molar-refractivity contribution >= 4 is 243 Å². The minimum atomic E-state index is -2.93. The van der Waals surface area contributed by atoms with Crippen molar-refractivity contribution in [2.75, 3.05) is 13.7 Å². The summed E-state index contributed by atoms with van der Waals surface area (Å²) in [5.41, 5.74) is 0. The molecule has 0 rings (SSSR count). The van der Waals surface area contributed by atoms with Gasteiger partial charge in [-0.2, -0.15) is 0 Å². The SMILES string of the molecule is C=C.C=COC(=O)OC.CC.C[Si](C)(C)O[Si](C)(C)O[Si](C)(C)O[Si](C)(C)O[Si](C)(C)O[Si](C)(C)O[Si](C)(C)O[Si](C)(C)O[Si](C)(C)O[Si](C)(C)O[Si](C)(C)O[Si](C)(C)O[Si](C)(C)O[Si](C)(C)O[Si](C)(C)O[Si](C)(C)O[Si](C)(C)O[Si](C)(C)O[Si](C)(C)O[Si](C)(C)O[Si](C)(C)O[Si](C)(C)O[Si](C)(C)O[Si](C)(C)O[Si](C)(C)O[Si](C)(C)O[Si](C)(C)CCCCOC(=O)O. The van der Waals surface area contributed by atoms with E-state index < -0.39 is 243 Å². The lowest BCUT2D eigenvalue weighted by atomic mass is 10.4. The van der Waals surface area contributed by atoms with E-state index in [9.17, 15) is 9.59 Å². The molecule has 32 nitrogen and oxygen atoms in total. The number of carbonyl (C=O) groups excluding carboxylic acids is 1. The molecule has 0 fully saturated rings. The van der Waals surface area contributed by atoms with Gasteiger partial charge in [0.05, 0.1) is 20.0 Å². The van der Waals surface area contributed by atoms with Gasteiger partial charge in [-0.25, -0.2) is 9.59 Å². The van der Waals surface area contributed by atoms with E-state index in [0.717, 1.165) is 18.7 Å². The quantitative estimate of drug-likeness (QED) is 0.0194. The van der Waals surface area contributed by atoms with Crippen LogP contribution in [0.3, 0.4) is 0 Å². The highest BCUT2D eigenvalue weighted by molar-refractivity contribution is 6.98. The standard InChI is InChI=1S/C60H174O29Si27.C4H6O3.C2H6.C2H4/c1-90(2,3)64-92(6,7)66-94(10,11)68-96(14,15)70-98(18,19)72-100(22,23)74-102(26,27)76-104(30,31)78-106(34,35)80-108(38,39)82-110(42,43)84-112(46,47)86-114(50,51)88-116(54,55)89-115(52,53)87-113(48,49)85-111(44,45)83-109(40,41)81-107(36,37)79-105(32,33)77-103(28,29)75-101(24,25)73-99(20,21)71-97(16,17)69-95(12,13)67-93(8,9)65-91(4,5)59-57-56-58-63-60(61)62;1-3-7-4(5)6-2;2*1-2/h56-59H2,1-55H3,(H,61,62);3H,1H2,2H3;1-2H3;1-2H2. The number of ether oxygens (including phenoxy) is 3. The van der Waals surface area contributed by atoms with Crippen molar-refractivity contribution in [3.63, 3.8) is 0 Å². The second kappa shape index (κ2) is 50.2. The van der Waals surface area contributed by atoms with Gasteiger partial charge in [0.25, 0.3) is 0 Å². The Morgan fingerprint density at radius 2 is 0.354 bits per heavy atom. The number of unbranched alkanes of at least 4 members (excludes halogenated alkanes) is 1. The third-order valence-corrected chi connectivity index (χ3v) is 119. The fourth-order valence-electron chi connectivity index (χ4n) is 17.1. The largest absolute Gasteiger partial charge is 0.512 e. The number of carboxylic acid groups (broad SMARTS) is 1. The van der Waals surface area contributed by atoms with Crippen molar-refractivity contribution in [2.45, 2.75) is 393 Å². The van der Waals surface area contributed by atoms with Crippen LogP contribution in [0.1, 0.15) is 26.7 Å². The third kappa shape index (κ3) is 69.4. The van der Waals surface area contributed by atoms with Crippen LogP contribution in [0.15, 0.2) is 26.0 Å². The zero-order valence-electron chi connectivity index (χ0n) is 91.1. The Morgan fingerprint density at radius 1 is 0.228 bits per heavy atom. The van der Waals surface area contributed by atoms with Crippen LogP contribution in [0.25, 0.3) is 0 Å². The summed E-state index contributed by atoms with van der Waals surface area (Å²) in [6, 6.07) is 0.861. The van der Waals surface area contributed by atoms with Gasteiger partial charge in [-0.05, 0) is 373 Å². The van der Waals surface area contributed by atoms with Crippen LogP contribution in [0.5, 0.6) is 0 Å². The van der Waals surface area contributed by atoms with E-state index >= 15 is 0 Å². The van der Waals surface area contributed by atoms with Gasteiger partial charge >= 0.3 is 226 Å². The normalized spacial score (nSPS) is 15.0. The van der Waals surface area contributed by atoms with Crippen LogP contribution >= 0.6 is 0 Å². The Balaban J connectivity index is -0.00000647. The van der Waals surface area contributed by atoms with E-state index in [1.165, 1.54) is 7.11 Å². The number of methoxy groups -OCH3 is 1. The lowest BCUT2D eigenvalue weighted by Crippen LogP contribution is -2.63. The molecule has 0 aliphatic carbocycles. The van der Waals surface area contributed by atoms with Gasteiger partial charge in [0.15, 0.2) is 16.6 Å². The summed E-state index contributed by atoms with van der Waals surface area (Å²) in [6.07, 6.45) is 0.476. The van der Waals surface area contributed by atoms with Crippen molar-refractivity contribution < 1.29 is 136 Å². The predicted octanol–water partition coefficient (Wildman–Crippen LogP) is 24.2.